The molecule has 8 nitrogen and oxygen atoms in total. The lowest BCUT2D eigenvalue weighted by Crippen LogP contribution is -2.18. The number of carbonyl (C=O) groups is 1. The Morgan fingerprint density at radius 3 is 2.70 bits per heavy atom. The summed E-state index contributed by atoms with van der Waals surface area (Å²) in [4.78, 5) is 29.0. The van der Waals surface area contributed by atoms with Gasteiger partial charge in [0.05, 0.1) is 4.92 Å². The van der Waals surface area contributed by atoms with E-state index in [-0.39, 0.29) is 29.3 Å². The monoisotopic (exact) mass is 320 g/mol. The first-order valence-electron chi connectivity index (χ1n) is 6.61. The highest BCUT2D eigenvalue weighted by Crippen LogP contribution is 2.26. The van der Waals surface area contributed by atoms with Gasteiger partial charge in [-0.1, -0.05) is 13.8 Å². The van der Waals surface area contributed by atoms with Gasteiger partial charge in [-0.15, -0.1) is 0 Å². The Kier molecular flexibility index (Phi) is 4.79. The fourth-order valence-corrected chi connectivity index (χ4v) is 1.55. The number of nitro groups is 1. The van der Waals surface area contributed by atoms with Crippen LogP contribution in [0.25, 0.3) is 0 Å². The molecule has 0 aliphatic heterocycles. The van der Waals surface area contributed by atoms with Gasteiger partial charge in [-0.25, -0.2) is 9.97 Å². The molecule has 120 valence electrons. The fraction of sp³-hybridized carbons (Fsp3) is 0.214. The quantitative estimate of drug-likeness (QED) is 0.670. The summed E-state index contributed by atoms with van der Waals surface area (Å²) in [6.07, 6.45) is 1.17. The topological polar surface area (TPSA) is 107 Å². The van der Waals surface area contributed by atoms with Crippen LogP contribution < -0.4 is 10.1 Å². The molecule has 0 radical (unpaired) electrons. The van der Waals surface area contributed by atoms with Crippen molar-refractivity contribution in [1.29, 1.82) is 0 Å². The number of nitrogens with zero attached hydrogens (tertiary/aromatic N) is 3. The Hall–Kier alpha value is -3.10. The number of amides is 1. The molecule has 23 heavy (non-hydrogen) atoms. The molecule has 1 aromatic carbocycles. The number of halogens is 1. The van der Waals surface area contributed by atoms with Crippen molar-refractivity contribution >= 4 is 17.4 Å². The van der Waals surface area contributed by atoms with Crippen LogP contribution in [0.5, 0.6) is 11.6 Å². The second kappa shape index (κ2) is 6.77. The van der Waals surface area contributed by atoms with E-state index in [9.17, 15) is 19.3 Å². The molecule has 0 saturated heterocycles. The highest BCUT2D eigenvalue weighted by Gasteiger charge is 2.15. The molecule has 0 unspecified atom stereocenters. The van der Waals surface area contributed by atoms with Crippen LogP contribution in [-0.4, -0.2) is 20.8 Å². The van der Waals surface area contributed by atoms with Crippen LogP contribution in [0.3, 0.4) is 0 Å². The molecule has 1 amide bonds. The minimum Gasteiger partial charge on any atom is -0.439 e. The van der Waals surface area contributed by atoms with Crippen molar-refractivity contribution < 1.29 is 18.8 Å². The van der Waals surface area contributed by atoms with Crippen LogP contribution in [0.1, 0.15) is 13.8 Å². The van der Waals surface area contributed by atoms with Crippen molar-refractivity contribution in [2.45, 2.75) is 13.8 Å². The zero-order valence-electron chi connectivity index (χ0n) is 12.3. The number of rotatable bonds is 5. The first-order chi connectivity index (χ1) is 10.9. The maximum Gasteiger partial charge on any atom is 0.305 e. The smallest absolute Gasteiger partial charge is 0.305 e. The van der Waals surface area contributed by atoms with Crippen molar-refractivity contribution in [1.82, 2.24) is 9.97 Å². The molecule has 0 fully saturated rings. The van der Waals surface area contributed by atoms with Gasteiger partial charge >= 0.3 is 5.69 Å². The van der Waals surface area contributed by atoms with Crippen molar-refractivity contribution in [3.63, 3.8) is 0 Å². The van der Waals surface area contributed by atoms with E-state index in [1.165, 1.54) is 18.5 Å². The molecule has 0 saturated carbocycles. The van der Waals surface area contributed by atoms with Crippen LogP contribution in [0.4, 0.5) is 15.9 Å². The number of aromatic nitrogens is 2. The van der Waals surface area contributed by atoms with Crippen molar-refractivity contribution in [3.8, 4) is 11.6 Å². The highest BCUT2D eigenvalue weighted by molar-refractivity contribution is 5.91. The highest BCUT2D eigenvalue weighted by atomic mass is 19.1. The van der Waals surface area contributed by atoms with Gasteiger partial charge in [0, 0.05) is 24.1 Å². The molecule has 0 aliphatic carbocycles. The predicted molar refractivity (Wildman–Crippen MR) is 78.6 cm³/mol. The van der Waals surface area contributed by atoms with Crippen molar-refractivity contribution in [2.24, 2.45) is 5.92 Å². The van der Waals surface area contributed by atoms with Gasteiger partial charge in [0.2, 0.25) is 17.6 Å². The lowest BCUT2D eigenvalue weighted by Gasteiger charge is -2.08. The normalized spacial score (nSPS) is 10.4. The molecule has 0 bridgehead atoms. The predicted octanol–water partition coefficient (Wildman–Crippen LogP) is 2.91. The molecule has 9 heteroatoms. The Morgan fingerprint density at radius 1 is 1.35 bits per heavy atom. The third-order valence-electron chi connectivity index (χ3n) is 2.76. The Balaban J connectivity index is 2.16. The van der Waals surface area contributed by atoms with Gasteiger partial charge in [0.15, 0.2) is 0 Å². The summed E-state index contributed by atoms with van der Waals surface area (Å²) < 4.78 is 18.8. The number of hydrogen-bond acceptors (Lipinski definition) is 6. The number of anilines is 1. The number of ether oxygens (including phenoxy) is 1. The molecule has 1 aromatic heterocycles. The van der Waals surface area contributed by atoms with Crippen LogP contribution in [0, 0.1) is 21.8 Å². The first-order valence-corrected chi connectivity index (χ1v) is 6.61. The summed E-state index contributed by atoms with van der Waals surface area (Å²) in [7, 11) is 0. The summed E-state index contributed by atoms with van der Waals surface area (Å²) in [5.41, 5.74) is -0.648. The van der Waals surface area contributed by atoms with Gasteiger partial charge in [-0.05, 0) is 6.07 Å². The molecule has 0 aliphatic rings. The van der Waals surface area contributed by atoms with E-state index in [2.05, 4.69) is 15.3 Å². The van der Waals surface area contributed by atoms with E-state index in [0.29, 0.717) is 0 Å². The van der Waals surface area contributed by atoms with Gasteiger partial charge in [0.25, 0.3) is 0 Å². The number of nitro benzene ring substituents is 1. The number of carbonyl (C=O) groups excluding carboxylic acids is 1. The van der Waals surface area contributed by atoms with Crippen LogP contribution in [0.2, 0.25) is 0 Å². The second-order valence-electron chi connectivity index (χ2n) is 4.86. The molecule has 2 rings (SSSR count). The maximum absolute atomic E-state index is 13.5. The van der Waals surface area contributed by atoms with E-state index in [0.717, 1.165) is 12.1 Å². The molecule has 0 atom stereocenters. The number of hydrogen-bond donors (Lipinski definition) is 1. The van der Waals surface area contributed by atoms with Crippen molar-refractivity contribution in [2.75, 3.05) is 5.32 Å². The van der Waals surface area contributed by atoms with Crippen LogP contribution >= 0.6 is 0 Å². The van der Waals surface area contributed by atoms with Gasteiger partial charge in [0.1, 0.15) is 17.9 Å². The summed E-state index contributed by atoms with van der Waals surface area (Å²) in [6.45, 7) is 3.46. The molecule has 0 spiro atoms. The lowest BCUT2D eigenvalue weighted by molar-refractivity contribution is -0.387. The minimum atomic E-state index is -1.02. The minimum absolute atomic E-state index is 0.0351. The van der Waals surface area contributed by atoms with Crippen LogP contribution in [-0.2, 0) is 4.79 Å². The average molecular weight is 320 g/mol. The fourth-order valence-electron chi connectivity index (χ4n) is 1.55. The Bertz CT molecular complexity index is 751. The summed E-state index contributed by atoms with van der Waals surface area (Å²) in [6, 6.07) is 4.48. The number of benzene rings is 1. The zero-order chi connectivity index (χ0) is 17.0. The van der Waals surface area contributed by atoms with E-state index >= 15 is 0 Å². The largest absolute Gasteiger partial charge is 0.439 e. The SMILES string of the molecule is CC(C)C(=O)Nc1cc(Oc2ccc([N+](=O)[O-])c(F)c2)ncn1. The molecular formula is C14H13FN4O4. The molecule has 1 heterocycles. The zero-order valence-corrected chi connectivity index (χ0v) is 12.3. The number of nitrogens with one attached hydrogen (secondary N) is 1. The summed E-state index contributed by atoms with van der Waals surface area (Å²) >= 11 is 0. The van der Waals surface area contributed by atoms with Crippen molar-refractivity contribution in [3.05, 3.63) is 46.5 Å². The average Bonchev–Trinajstić information content (AvgIpc) is 2.47. The maximum atomic E-state index is 13.5. The third kappa shape index (κ3) is 4.19. The molecule has 2 aromatic rings. The third-order valence-corrected chi connectivity index (χ3v) is 2.76. The van der Waals surface area contributed by atoms with E-state index < -0.39 is 16.4 Å². The molecular weight excluding hydrogens is 307 g/mol. The van der Waals surface area contributed by atoms with E-state index in [4.69, 9.17) is 4.74 Å². The Morgan fingerprint density at radius 2 is 2.09 bits per heavy atom. The Labute approximate surface area is 130 Å². The summed E-state index contributed by atoms with van der Waals surface area (Å²) in [5, 5.41) is 13.1. The summed E-state index contributed by atoms with van der Waals surface area (Å²) in [5.74, 6) is -1.14. The molecule has 1 N–H and O–H groups in total. The van der Waals surface area contributed by atoms with Gasteiger partial charge in [-0.3, -0.25) is 14.9 Å². The van der Waals surface area contributed by atoms with Gasteiger partial charge < -0.3 is 10.1 Å². The first kappa shape index (κ1) is 16.3. The lowest BCUT2D eigenvalue weighted by atomic mass is 10.2. The standard InChI is InChI=1S/C14H13FN4O4/c1-8(2)14(20)18-12-6-13(17-7-16-12)23-9-3-4-11(19(21)22)10(15)5-9/h3-8H,1-2H3,(H,16,17,18,20). The van der Waals surface area contributed by atoms with Crippen LogP contribution in [0.15, 0.2) is 30.6 Å². The van der Waals surface area contributed by atoms with E-state index in [1.54, 1.807) is 13.8 Å². The van der Waals surface area contributed by atoms with Gasteiger partial charge in [-0.2, -0.15) is 4.39 Å². The van der Waals surface area contributed by atoms with E-state index in [1.807, 2.05) is 0 Å². The second-order valence-corrected chi connectivity index (χ2v) is 4.86.